The van der Waals surface area contributed by atoms with E-state index in [0.29, 0.717) is 33.4 Å². The molecule has 0 atom stereocenters. The number of carbonyl (C=O) groups is 2. The molecule has 0 amide bonds. The number of hydrogen-bond donors (Lipinski definition) is 4. The minimum absolute atomic E-state index is 0.0213. The fraction of sp³-hybridized carbons (Fsp3) is 0.409. The lowest BCUT2D eigenvalue weighted by Gasteiger charge is -2.29. The van der Waals surface area contributed by atoms with Crippen molar-refractivity contribution in [2.75, 3.05) is 0 Å². The number of benzene rings is 4. The average molecular weight is 677 g/mol. The van der Waals surface area contributed by atoms with Crippen LogP contribution in [0.3, 0.4) is 0 Å². The highest BCUT2D eigenvalue weighted by molar-refractivity contribution is 6.15. The minimum atomic E-state index is -0.546. The third kappa shape index (κ3) is 6.29. The van der Waals surface area contributed by atoms with Gasteiger partial charge in [-0.1, -0.05) is 119 Å². The van der Waals surface area contributed by atoms with E-state index >= 15 is 0 Å². The van der Waals surface area contributed by atoms with Crippen LogP contribution in [0.5, 0.6) is 23.0 Å². The molecule has 4 aromatic carbocycles. The van der Waals surface area contributed by atoms with Gasteiger partial charge in [-0.05, 0) is 67.2 Å². The summed E-state index contributed by atoms with van der Waals surface area (Å²) in [7, 11) is 0. The van der Waals surface area contributed by atoms with Crippen molar-refractivity contribution in [3.8, 4) is 23.0 Å². The smallest absolute Gasteiger partial charge is 0.200 e. The molecule has 0 saturated heterocycles. The van der Waals surface area contributed by atoms with E-state index in [9.17, 15) is 30.0 Å². The molecule has 6 heteroatoms. The lowest BCUT2D eigenvalue weighted by molar-refractivity contribution is 0.102. The summed E-state index contributed by atoms with van der Waals surface area (Å²) in [5.41, 5.74) is 2.63. The van der Waals surface area contributed by atoms with E-state index in [4.69, 9.17) is 0 Å². The van der Waals surface area contributed by atoms with Crippen molar-refractivity contribution >= 4 is 11.6 Å². The Labute approximate surface area is 296 Å². The Bertz CT molecular complexity index is 1910. The van der Waals surface area contributed by atoms with Crippen LogP contribution in [0.15, 0.2) is 48.5 Å². The van der Waals surface area contributed by atoms with Gasteiger partial charge in [-0.3, -0.25) is 9.59 Å². The van der Waals surface area contributed by atoms with E-state index in [2.05, 4.69) is 0 Å². The third-order valence-electron chi connectivity index (χ3n) is 10.00. The number of ketones is 2. The quantitative estimate of drug-likeness (QED) is 0.130. The number of hydrogen-bond acceptors (Lipinski definition) is 6. The standard InChI is InChI=1S/C44H52O6/c1-41(2,3)29-19-15-25-37(47)27(29)22-28-30(42(4,5)6)20-16-26(38(28)48)40(50)34-32(44(10,11)12)18-14-24(36(34)46)21-23-13-17-31(43(7,8)9)33(35(23)45)39(25)49/h13-20,45-48H,21-22H2,1-12H3. The maximum Gasteiger partial charge on any atom is 0.200 e. The van der Waals surface area contributed by atoms with Crippen molar-refractivity contribution in [2.24, 2.45) is 0 Å². The normalized spacial score (nSPS) is 14.2. The summed E-state index contributed by atoms with van der Waals surface area (Å²) in [4.78, 5) is 29.4. The number of phenols is 4. The van der Waals surface area contributed by atoms with Crippen molar-refractivity contribution in [1.29, 1.82) is 0 Å². The van der Waals surface area contributed by atoms with Crippen molar-refractivity contribution in [3.63, 3.8) is 0 Å². The van der Waals surface area contributed by atoms with Gasteiger partial charge in [-0.15, -0.1) is 0 Å². The second-order valence-electron chi connectivity index (χ2n) is 18.0. The summed E-state index contributed by atoms with van der Waals surface area (Å²) in [5, 5.41) is 48.1. The molecule has 50 heavy (non-hydrogen) atoms. The van der Waals surface area contributed by atoms with Crippen molar-refractivity contribution in [2.45, 2.75) is 118 Å². The van der Waals surface area contributed by atoms with Crippen molar-refractivity contribution < 1.29 is 30.0 Å². The summed E-state index contributed by atoms with van der Waals surface area (Å²) in [6.45, 7) is 23.8. The fourth-order valence-electron chi connectivity index (χ4n) is 7.32. The van der Waals surface area contributed by atoms with Crippen LogP contribution in [0.2, 0.25) is 0 Å². The average Bonchev–Trinajstić information content (AvgIpc) is 2.97. The zero-order valence-corrected chi connectivity index (χ0v) is 31.6. The molecule has 1 aliphatic rings. The first-order valence-electron chi connectivity index (χ1n) is 17.4. The number of fused-ring (bicyclic) bond motifs is 8. The Morgan fingerprint density at radius 1 is 0.400 bits per heavy atom. The van der Waals surface area contributed by atoms with E-state index in [1.54, 1.807) is 24.3 Å². The molecule has 8 bridgehead atoms. The molecule has 5 rings (SSSR count). The maximum atomic E-state index is 14.7. The topological polar surface area (TPSA) is 115 Å². The highest BCUT2D eigenvalue weighted by atomic mass is 16.3. The van der Waals surface area contributed by atoms with Gasteiger partial charge in [0.1, 0.15) is 23.0 Å². The lowest BCUT2D eigenvalue weighted by atomic mass is 9.75. The van der Waals surface area contributed by atoms with Gasteiger partial charge in [0.15, 0.2) is 0 Å². The number of aromatic hydroxyl groups is 4. The third-order valence-corrected chi connectivity index (χ3v) is 10.00. The Hall–Kier alpha value is -4.58. The highest BCUT2D eigenvalue weighted by Crippen LogP contribution is 2.45. The van der Waals surface area contributed by atoms with E-state index in [0.717, 1.165) is 11.1 Å². The fourth-order valence-corrected chi connectivity index (χ4v) is 7.32. The van der Waals surface area contributed by atoms with Crippen molar-refractivity contribution in [1.82, 2.24) is 0 Å². The Balaban J connectivity index is 1.99. The zero-order valence-electron chi connectivity index (χ0n) is 31.6. The van der Waals surface area contributed by atoms with Gasteiger partial charge in [0.25, 0.3) is 0 Å². The summed E-state index contributed by atoms with van der Waals surface area (Å²) >= 11 is 0. The van der Waals surface area contributed by atoms with Crippen LogP contribution in [0.4, 0.5) is 0 Å². The first-order chi connectivity index (χ1) is 22.9. The van der Waals surface area contributed by atoms with E-state index in [1.165, 1.54) is 0 Å². The van der Waals surface area contributed by atoms with Gasteiger partial charge in [-0.25, -0.2) is 0 Å². The summed E-state index contributed by atoms with van der Waals surface area (Å²) < 4.78 is 0. The molecule has 6 nitrogen and oxygen atoms in total. The van der Waals surface area contributed by atoms with E-state index in [-0.39, 0.29) is 58.1 Å². The lowest BCUT2D eigenvalue weighted by Crippen LogP contribution is -2.21. The molecule has 4 N–H and O–H groups in total. The molecule has 0 radical (unpaired) electrons. The molecule has 0 spiro atoms. The molecular formula is C44H52O6. The molecule has 0 unspecified atom stereocenters. The second-order valence-corrected chi connectivity index (χ2v) is 18.0. The van der Waals surface area contributed by atoms with Gasteiger partial charge in [0.2, 0.25) is 11.6 Å². The summed E-state index contributed by atoms with van der Waals surface area (Å²) in [6.07, 6.45) is 0.0445. The van der Waals surface area contributed by atoms with Crippen LogP contribution in [0.1, 0.15) is 159 Å². The minimum Gasteiger partial charge on any atom is -0.507 e. The van der Waals surface area contributed by atoms with Gasteiger partial charge in [0.05, 0.1) is 22.3 Å². The largest absolute Gasteiger partial charge is 0.507 e. The summed E-state index contributed by atoms with van der Waals surface area (Å²) in [5.74, 6) is -1.99. The van der Waals surface area contributed by atoms with Gasteiger partial charge < -0.3 is 20.4 Å². The maximum absolute atomic E-state index is 14.7. The van der Waals surface area contributed by atoms with E-state index < -0.39 is 33.2 Å². The van der Waals surface area contributed by atoms with Crippen LogP contribution >= 0.6 is 0 Å². The molecular weight excluding hydrogens is 624 g/mol. The Morgan fingerprint density at radius 2 is 0.700 bits per heavy atom. The number of rotatable bonds is 0. The van der Waals surface area contributed by atoms with Crippen LogP contribution in [-0.4, -0.2) is 32.0 Å². The molecule has 0 aliphatic heterocycles. The van der Waals surface area contributed by atoms with Gasteiger partial charge >= 0.3 is 0 Å². The van der Waals surface area contributed by atoms with Gasteiger partial charge in [-0.2, -0.15) is 0 Å². The molecule has 264 valence electrons. The van der Waals surface area contributed by atoms with Crippen LogP contribution in [0, 0.1) is 0 Å². The Kier molecular flexibility index (Phi) is 8.83. The first-order valence-corrected chi connectivity index (χ1v) is 17.4. The van der Waals surface area contributed by atoms with Crippen LogP contribution in [-0.2, 0) is 34.5 Å². The van der Waals surface area contributed by atoms with E-state index in [1.807, 2.05) is 107 Å². The van der Waals surface area contributed by atoms with Crippen molar-refractivity contribution in [3.05, 3.63) is 115 Å². The molecule has 0 heterocycles. The monoisotopic (exact) mass is 676 g/mol. The molecule has 0 saturated carbocycles. The molecule has 0 fully saturated rings. The highest BCUT2D eigenvalue weighted by Gasteiger charge is 2.35. The SMILES string of the molecule is CC(C)(C)c1ccc2c(O)c1Cc1c(C(C)(C)C)ccc(c1O)C(=O)c1c(C(C)(C)C)ccc(c1O)Cc1ccc(C(C)(C)C)c(c1O)C2=O. The van der Waals surface area contributed by atoms with Crippen LogP contribution < -0.4 is 0 Å². The van der Waals surface area contributed by atoms with Crippen LogP contribution in [0.25, 0.3) is 0 Å². The zero-order chi connectivity index (χ0) is 37.5. The predicted molar refractivity (Wildman–Crippen MR) is 200 cm³/mol. The Morgan fingerprint density at radius 3 is 1.00 bits per heavy atom. The molecule has 0 aromatic heterocycles. The number of phenolic OH excluding ortho intramolecular Hbond substituents is 4. The number of carbonyl (C=O) groups excluding carboxylic acids is 2. The van der Waals surface area contributed by atoms with Gasteiger partial charge in [0, 0.05) is 24.0 Å². The first kappa shape index (κ1) is 36.7. The second kappa shape index (κ2) is 12.0. The molecule has 4 aromatic rings. The predicted octanol–water partition coefficient (Wildman–Crippen LogP) is 9.66. The molecule has 1 aliphatic carbocycles. The summed E-state index contributed by atoms with van der Waals surface area (Å²) in [6, 6.07) is 14.0.